The lowest BCUT2D eigenvalue weighted by atomic mass is 9.79. The van der Waals surface area contributed by atoms with Gasteiger partial charge in [0.15, 0.2) is 11.5 Å². The van der Waals surface area contributed by atoms with Crippen molar-refractivity contribution in [1.29, 1.82) is 0 Å². The number of ether oxygens (including phenoxy) is 5. The number of carbonyl (C=O) groups is 2. The molecule has 2 aromatic rings. The fraction of sp³-hybridized carbons (Fsp3) is 0.486. The van der Waals surface area contributed by atoms with Gasteiger partial charge in [-0.25, -0.2) is 14.0 Å². The maximum Gasteiger partial charge on any atom is 0.336 e. The first kappa shape index (κ1) is 34.8. The molecule has 46 heavy (non-hydrogen) atoms. The Kier molecular flexibility index (Phi) is 12.4. The van der Waals surface area contributed by atoms with Crippen molar-refractivity contribution in [2.45, 2.75) is 32.6 Å². The van der Waals surface area contributed by atoms with E-state index in [1.165, 1.54) is 26.4 Å². The van der Waals surface area contributed by atoms with E-state index in [0.717, 1.165) is 32.7 Å². The Balaban J connectivity index is 1.61. The SMILES string of the molecule is COC(=O)C1=C(C)N(CCCOc2ccc(F)cc2)C(C)=C(C(=O)OCCCN2CCN(C)CC2)C1c1ccc(OC)c(OC)c1. The van der Waals surface area contributed by atoms with Crippen molar-refractivity contribution in [3.63, 3.8) is 0 Å². The van der Waals surface area contributed by atoms with Gasteiger partial charge in [-0.3, -0.25) is 0 Å². The first-order valence-corrected chi connectivity index (χ1v) is 15.6. The van der Waals surface area contributed by atoms with Crippen molar-refractivity contribution in [1.82, 2.24) is 14.7 Å². The van der Waals surface area contributed by atoms with Crippen LogP contribution in [0.5, 0.6) is 17.2 Å². The fourth-order valence-corrected chi connectivity index (χ4v) is 5.99. The zero-order chi connectivity index (χ0) is 33.2. The smallest absolute Gasteiger partial charge is 0.336 e. The normalized spacial score (nSPS) is 17.6. The van der Waals surface area contributed by atoms with Crippen LogP contribution in [0.4, 0.5) is 4.39 Å². The van der Waals surface area contributed by atoms with Gasteiger partial charge in [0.05, 0.1) is 51.6 Å². The summed E-state index contributed by atoms with van der Waals surface area (Å²) in [5, 5.41) is 0. The molecule has 0 bridgehead atoms. The number of allylic oxidation sites excluding steroid dienone is 2. The highest BCUT2D eigenvalue weighted by Crippen LogP contribution is 2.44. The maximum absolute atomic E-state index is 14.0. The number of esters is 2. The molecule has 2 aliphatic heterocycles. The Hall–Kier alpha value is -4.09. The van der Waals surface area contributed by atoms with E-state index in [-0.39, 0.29) is 12.4 Å². The van der Waals surface area contributed by atoms with Crippen LogP contribution in [0.15, 0.2) is 65.0 Å². The molecule has 2 aliphatic rings. The van der Waals surface area contributed by atoms with E-state index in [9.17, 15) is 14.0 Å². The van der Waals surface area contributed by atoms with Gasteiger partial charge in [0, 0.05) is 50.7 Å². The molecule has 2 aromatic carbocycles. The molecule has 11 heteroatoms. The zero-order valence-electron chi connectivity index (χ0n) is 27.8. The first-order chi connectivity index (χ1) is 22.2. The van der Waals surface area contributed by atoms with Crippen molar-refractivity contribution < 1.29 is 37.7 Å². The molecular weight excluding hydrogens is 593 g/mol. The third-order valence-corrected chi connectivity index (χ3v) is 8.59. The molecular formula is C35H46FN3O7. The monoisotopic (exact) mass is 639 g/mol. The second-order valence-corrected chi connectivity index (χ2v) is 11.5. The molecule has 1 atom stereocenters. The number of hydrogen-bond acceptors (Lipinski definition) is 10. The van der Waals surface area contributed by atoms with Gasteiger partial charge in [0.25, 0.3) is 0 Å². The molecule has 1 fully saturated rings. The predicted molar refractivity (Wildman–Crippen MR) is 172 cm³/mol. The lowest BCUT2D eigenvalue weighted by Gasteiger charge is -2.38. The average Bonchev–Trinajstić information content (AvgIpc) is 3.06. The number of carbonyl (C=O) groups excluding carboxylic acids is 2. The topological polar surface area (TPSA) is 90.0 Å². The molecule has 0 radical (unpaired) electrons. The fourth-order valence-electron chi connectivity index (χ4n) is 5.99. The summed E-state index contributed by atoms with van der Waals surface area (Å²) >= 11 is 0. The zero-order valence-corrected chi connectivity index (χ0v) is 27.8. The Labute approximate surface area is 271 Å². The summed E-state index contributed by atoms with van der Waals surface area (Å²) in [4.78, 5) is 34.1. The molecule has 0 aliphatic carbocycles. The molecule has 2 heterocycles. The summed E-state index contributed by atoms with van der Waals surface area (Å²) in [6, 6.07) is 11.2. The van der Waals surface area contributed by atoms with Crippen LogP contribution in [0.25, 0.3) is 0 Å². The van der Waals surface area contributed by atoms with E-state index in [0.29, 0.717) is 71.3 Å². The van der Waals surface area contributed by atoms with Gasteiger partial charge in [-0.15, -0.1) is 0 Å². The maximum atomic E-state index is 14.0. The number of piperazine rings is 1. The molecule has 0 aromatic heterocycles. The van der Waals surface area contributed by atoms with E-state index in [2.05, 4.69) is 16.8 Å². The van der Waals surface area contributed by atoms with Gasteiger partial charge in [0.1, 0.15) is 11.6 Å². The Morgan fingerprint density at radius 3 is 2.07 bits per heavy atom. The number of likely N-dealkylation sites (N-methyl/N-ethyl adjacent to an activating group) is 1. The standard InChI is InChI=1S/C35H46FN3O7/c1-24-31(34(40)44-6)33(26-9-14-29(42-4)30(23-26)43-5)32(35(41)46-22-7-15-38-19-17-37(3)18-20-38)25(2)39(24)16-8-21-45-28-12-10-27(36)11-13-28/h9-14,23,33H,7-8,15-22H2,1-6H3. The first-order valence-electron chi connectivity index (χ1n) is 15.6. The third kappa shape index (κ3) is 8.38. The number of rotatable bonds is 14. The van der Waals surface area contributed by atoms with Crippen LogP contribution in [0.1, 0.15) is 38.2 Å². The van der Waals surface area contributed by atoms with Crippen LogP contribution in [-0.2, 0) is 19.1 Å². The van der Waals surface area contributed by atoms with Crippen LogP contribution in [0, 0.1) is 5.82 Å². The van der Waals surface area contributed by atoms with Gasteiger partial charge in [-0.1, -0.05) is 6.07 Å². The van der Waals surface area contributed by atoms with E-state index in [1.54, 1.807) is 31.4 Å². The summed E-state index contributed by atoms with van der Waals surface area (Å²) in [7, 11) is 6.54. The minimum atomic E-state index is -0.760. The van der Waals surface area contributed by atoms with Crippen molar-refractivity contribution in [3.05, 3.63) is 76.4 Å². The van der Waals surface area contributed by atoms with Crippen LogP contribution >= 0.6 is 0 Å². The van der Waals surface area contributed by atoms with Crippen molar-refractivity contribution in [2.75, 3.05) is 80.9 Å². The molecule has 250 valence electrons. The van der Waals surface area contributed by atoms with E-state index in [1.807, 2.05) is 24.8 Å². The summed E-state index contributed by atoms with van der Waals surface area (Å²) < 4.78 is 41.3. The molecule has 0 amide bonds. The largest absolute Gasteiger partial charge is 0.494 e. The molecule has 4 rings (SSSR count). The molecule has 0 saturated carbocycles. The highest BCUT2D eigenvalue weighted by molar-refractivity contribution is 6.00. The molecule has 1 saturated heterocycles. The Morgan fingerprint density at radius 2 is 1.43 bits per heavy atom. The number of nitrogens with zero attached hydrogens (tertiary/aromatic N) is 3. The third-order valence-electron chi connectivity index (χ3n) is 8.59. The minimum Gasteiger partial charge on any atom is -0.494 e. The van der Waals surface area contributed by atoms with E-state index >= 15 is 0 Å². The molecule has 10 nitrogen and oxygen atoms in total. The molecule has 1 unspecified atom stereocenters. The van der Waals surface area contributed by atoms with Crippen LogP contribution in [0.2, 0.25) is 0 Å². The number of halogens is 1. The van der Waals surface area contributed by atoms with Crippen molar-refractivity contribution in [2.24, 2.45) is 0 Å². The van der Waals surface area contributed by atoms with Crippen molar-refractivity contribution in [3.8, 4) is 17.2 Å². The van der Waals surface area contributed by atoms with Gasteiger partial charge in [-0.05, 0) is 75.7 Å². The summed E-state index contributed by atoms with van der Waals surface area (Å²) in [5.74, 6) is -0.567. The molecule has 0 spiro atoms. The second kappa shape index (κ2) is 16.5. The number of benzene rings is 2. The Morgan fingerprint density at radius 1 is 0.804 bits per heavy atom. The van der Waals surface area contributed by atoms with Crippen molar-refractivity contribution >= 4 is 11.9 Å². The predicted octanol–water partition coefficient (Wildman–Crippen LogP) is 4.61. The van der Waals surface area contributed by atoms with Crippen LogP contribution < -0.4 is 14.2 Å². The number of hydrogen-bond donors (Lipinski definition) is 0. The van der Waals surface area contributed by atoms with Crippen LogP contribution in [0.3, 0.4) is 0 Å². The van der Waals surface area contributed by atoms with Gasteiger partial charge < -0.3 is 38.4 Å². The van der Waals surface area contributed by atoms with E-state index < -0.39 is 17.9 Å². The Bertz CT molecular complexity index is 1420. The highest BCUT2D eigenvalue weighted by atomic mass is 19.1. The second-order valence-electron chi connectivity index (χ2n) is 11.5. The van der Waals surface area contributed by atoms with E-state index in [4.69, 9.17) is 23.7 Å². The summed E-state index contributed by atoms with van der Waals surface area (Å²) in [5.41, 5.74) is 2.70. The quantitative estimate of drug-likeness (QED) is 0.216. The summed E-state index contributed by atoms with van der Waals surface area (Å²) in [6.07, 6.45) is 1.26. The highest BCUT2D eigenvalue weighted by Gasteiger charge is 2.40. The summed E-state index contributed by atoms with van der Waals surface area (Å²) in [6.45, 7) is 9.63. The average molecular weight is 640 g/mol. The van der Waals surface area contributed by atoms with Gasteiger partial charge in [0.2, 0.25) is 0 Å². The number of methoxy groups -OCH3 is 3. The lowest BCUT2D eigenvalue weighted by molar-refractivity contribution is -0.139. The van der Waals surface area contributed by atoms with Gasteiger partial charge in [-0.2, -0.15) is 0 Å². The lowest BCUT2D eigenvalue weighted by Crippen LogP contribution is -2.44. The van der Waals surface area contributed by atoms with Crippen LogP contribution in [-0.4, -0.2) is 107 Å². The molecule has 0 N–H and O–H groups in total. The minimum absolute atomic E-state index is 0.252. The van der Waals surface area contributed by atoms with Gasteiger partial charge >= 0.3 is 11.9 Å².